The Kier molecular flexibility index (Phi) is 5.50. The van der Waals surface area contributed by atoms with Gasteiger partial charge in [-0.2, -0.15) is 0 Å². The standard InChI is InChI=1S/C17H17IN2O/c1-12(2)14-6-3-13(4-7-14)5-10-17(21)20-16-9-8-15(18)11-19-16/h3-12H,1-2H3,(H,19,20,21)/b10-5+. The number of aromatic nitrogens is 1. The highest BCUT2D eigenvalue weighted by Gasteiger charge is 2.00. The summed E-state index contributed by atoms with van der Waals surface area (Å²) in [4.78, 5) is 15.9. The molecule has 0 fully saturated rings. The quantitative estimate of drug-likeness (QED) is 0.617. The molecule has 1 amide bonds. The maximum absolute atomic E-state index is 11.8. The van der Waals surface area contributed by atoms with Gasteiger partial charge in [-0.05, 0) is 57.8 Å². The Bertz CT molecular complexity index is 631. The molecule has 0 spiro atoms. The van der Waals surface area contributed by atoms with Crippen LogP contribution in [0.15, 0.2) is 48.7 Å². The van der Waals surface area contributed by atoms with E-state index in [2.05, 4.69) is 58.9 Å². The summed E-state index contributed by atoms with van der Waals surface area (Å²) in [5.74, 6) is 0.884. The number of amides is 1. The molecule has 1 heterocycles. The maximum atomic E-state index is 11.8. The van der Waals surface area contributed by atoms with Crippen LogP contribution in [0.3, 0.4) is 0 Å². The van der Waals surface area contributed by atoms with Crippen molar-refractivity contribution in [2.45, 2.75) is 19.8 Å². The van der Waals surface area contributed by atoms with Crippen LogP contribution in [0.1, 0.15) is 30.9 Å². The van der Waals surface area contributed by atoms with Gasteiger partial charge in [-0.25, -0.2) is 4.98 Å². The van der Waals surface area contributed by atoms with Gasteiger partial charge in [0.05, 0.1) is 0 Å². The van der Waals surface area contributed by atoms with Crippen LogP contribution in [0.2, 0.25) is 0 Å². The van der Waals surface area contributed by atoms with Gasteiger partial charge in [-0.1, -0.05) is 38.1 Å². The third-order valence-electron chi connectivity index (χ3n) is 3.01. The summed E-state index contributed by atoms with van der Waals surface area (Å²) in [6.07, 6.45) is 5.03. The number of hydrogen-bond donors (Lipinski definition) is 1. The topological polar surface area (TPSA) is 42.0 Å². The fourth-order valence-corrected chi connectivity index (χ4v) is 2.10. The summed E-state index contributed by atoms with van der Waals surface area (Å²) in [6.45, 7) is 4.32. The molecule has 0 saturated carbocycles. The molecule has 0 radical (unpaired) electrons. The van der Waals surface area contributed by atoms with Gasteiger partial charge in [0.25, 0.3) is 0 Å². The SMILES string of the molecule is CC(C)c1ccc(/C=C/C(=O)Nc2ccc(I)cn2)cc1. The molecule has 0 aliphatic rings. The lowest BCUT2D eigenvalue weighted by Gasteiger charge is -2.04. The number of rotatable bonds is 4. The highest BCUT2D eigenvalue weighted by Crippen LogP contribution is 2.15. The highest BCUT2D eigenvalue weighted by molar-refractivity contribution is 14.1. The largest absolute Gasteiger partial charge is 0.307 e. The third kappa shape index (κ3) is 4.97. The van der Waals surface area contributed by atoms with Crippen LogP contribution in [0.25, 0.3) is 6.08 Å². The zero-order valence-corrected chi connectivity index (χ0v) is 14.2. The third-order valence-corrected chi connectivity index (χ3v) is 3.65. The van der Waals surface area contributed by atoms with Gasteiger partial charge in [0, 0.05) is 15.8 Å². The lowest BCUT2D eigenvalue weighted by Crippen LogP contribution is -2.08. The summed E-state index contributed by atoms with van der Waals surface area (Å²) in [5.41, 5.74) is 2.30. The number of nitrogens with one attached hydrogen (secondary N) is 1. The van der Waals surface area contributed by atoms with E-state index in [1.54, 1.807) is 18.3 Å². The number of halogens is 1. The fraction of sp³-hybridized carbons (Fsp3) is 0.176. The molecule has 3 nitrogen and oxygen atoms in total. The van der Waals surface area contributed by atoms with E-state index in [1.807, 2.05) is 18.2 Å². The Morgan fingerprint density at radius 2 is 1.90 bits per heavy atom. The first kappa shape index (κ1) is 15.7. The van der Waals surface area contributed by atoms with Crippen LogP contribution < -0.4 is 5.32 Å². The van der Waals surface area contributed by atoms with Crippen LogP contribution >= 0.6 is 22.6 Å². The van der Waals surface area contributed by atoms with E-state index in [1.165, 1.54) is 11.6 Å². The Morgan fingerprint density at radius 3 is 2.48 bits per heavy atom. The van der Waals surface area contributed by atoms with Crippen molar-refractivity contribution in [1.29, 1.82) is 0 Å². The number of carbonyl (C=O) groups is 1. The zero-order chi connectivity index (χ0) is 15.2. The first-order chi connectivity index (χ1) is 10.0. The summed E-state index contributed by atoms with van der Waals surface area (Å²) >= 11 is 2.17. The van der Waals surface area contributed by atoms with Crippen molar-refractivity contribution in [1.82, 2.24) is 4.98 Å². The van der Waals surface area contributed by atoms with E-state index in [4.69, 9.17) is 0 Å². The molecule has 0 saturated heterocycles. The van der Waals surface area contributed by atoms with Gasteiger partial charge in [0.1, 0.15) is 5.82 Å². The van der Waals surface area contributed by atoms with Crippen molar-refractivity contribution in [2.75, 3.05) is 5.32 Å². The van der Waals surface area contributed by atoms with Crippen molar-refractivity contribution in [2.24, 2.45) is 0 Å². The average Bonchev–Trinajstić information content (AvgIpc) is 2.48. The predicted octanol–water partition coefficient (Wildman–Crippen LogP) is 4.46. The van der Waals surface area contributed by atoms with Crippen molar-refractivity contribution < 1.29 is 4.79 Å². The molecule has 2 rings (SSSR count). The average molecular weight is 392 g/mol. The number of benzene rings is 1. The first-order valence-corrected chi connectivity index (χ1v) is 7.83. The molecule has 1 aromatic carbocycles. The van der Waals surface area contributed by atoms with Gasteiger partial charge < -0.3 is 5.32 Å². The van der Waals surface area contributed by atoms with Crippen LogP contribution in [0.4, 0.5) is 5.82 Å². The molecule has 2 aromatic rings. The zero-order valence-electron chi connectivity index (χ0n) is 12.0. The number of hydrogen-bond acceptors (Lipinski definition) is 2. The Balaban J connectivity index is 1.96. The van der Waals surface area contributed by atoms with E-state index < -0.39 is 0 Å². The summed E-state index contributed by atoms with van der Waals surface area (Å²) in [6, 6.07) is 11.9. The van der Waals surface area contributed by atoms with Gasteiger partial charge in [-0.15, -0.1) is 0 Å². The fourth-order valence-electron chi connectivity index (χ4n) is 1.78. The van der Waals surface area contributed by atoms with Crippen LogP contribution in [-0.4, -0.2) is 10.9 Å². The lowest BCUT2D eigenvalue weighted by atomic mass is 10.0. The molecule has 1 N–H and O–H groups in total. The summed E-state index contributed by atoms with van der Waals surface area (Å²) < 4.78 is 1.03. The number of pyridine rings is 1. The molecular formula is C17H17IN2O. The number of anilines is 1. The van der Waals surface area contributed by atoms with E-state index in [-0.39, 0.29) is 5.91 Å². The first-order valence-electron chi connectivity index (χ1n) is 6.75. The second-order valence-electron chi connectivity index (χ2n) is 5.01. The minimum Gasteiger partial charge on any atom is -0.307 e. The van der Waals surface area contributed by atoms with Crippen molar-refractivity contribution in [3.8, 4) is 0 Å². The van der Waals surface area contributed by atoms with Gasteiger partial charge in [-0.3, -0.25) is 4.79 Å². The van der Waals surface area contributed by atoms with Crippen LogP contribution in [0, 0.1) is 3.57 Å². The molecule has 108 valence electrons. The van der Waals surface area contributed by atoms with Crippen LogP contribution in [-0.2, 0) is 4.79 Å². The Morgan fingerprint density at radius 1 is 1.19 bits per heavy atom. The Labute approximate surface area is 138 Å². The van der Waals surface area contributed by atoms with E-state index >= 15 is 0 Å². The lowest BCUT2D eigenvalue weighted by molar-refractivity contribution is -0.111. The predicted molar refractivity (Wildman–Crippen MR) is 95.1 cm³/mol. The number of carbonyl (C=O) groups excluding carboxylic acids is 1. The molecule has 21 heavy (non-hydrogen) atoms. The molecule has 0 atom stereocenters. The maximum Gasteiger partial charge on any atom is 0.249 e. The van der Waals surface area contributed by atoms with E-state index in [0.717, 1.165) is 9.13 Å². The van der Waals surface area contributed by atoms with Crippen molar-refractivity contribution in [3.05, 3.63) is 63.4 Å². The van der Waals surface area contributed by atoms with Crippen molar-refractivity contribution in [3.63, 3.8) is 0 Å². The molecule has 0 unspecified atom stereocenters. The van der Waals surface area contributed by atoms with Gasteiger partial charge >= 0.3 is 0 Å². The number of nitrogens with zero attached hydrogens (tertiary/aromatic N) is 1. The molecule has 4 heteroatoms. The second-order valence-corrected chi connectivity index (χ2v) is 6.25. The Hall–Kier alpha value is -1.69. The molecular weight excluding hydrogens is 375 g/mol. The molecule has 0 aliphatic heterocycles. The van der Waals surface area contributed by atoms with Gasteiger partial charge in [0.15, 0.2) is 0 Å². The molecule has 0 aliphatic carbocycles. The highest BCUT2D eigenvalue weighted by atomic mass is 127. The van der Waals surface area contributed by atoms with Crippen LogP contribution in [0.5, 0.6) is 0 Å². The molecule has 0 bridgehead atoms. The smallest absolute Gasteiger partial charge is 0.249 e. The van der Waals surface area contributed by atoms with E-state index in [9.17, 15) is 4.79 Å². The molecule has 1 aromatic heterocycles. The minimum atomic E-state index is -0.184. The van der Waals surface area contributed by atoms with Gasteiger partial charge in [0.2, 0.25) is 5.91 Å². The monoisotopic (exact) mass is 392 g/mol. The summed E-state index contributed by atoms with van der Waals surface area (Å²) in [7, 11) is 0. The van der Waals surface area contributed by atoms with Crippen molar-refractivity contribution >= 4 is 40.4 Å². The summed E-state index contributed by atoms with van der Waals surface area (Å²) in [5, 5.41) is 2.73. The second kappa shape index (κ2) is 7.36. The van der Waals surface area contributed by atoms with E-state index in [0.29, 0.717) is 11.7 Å². The normalized spacial score (nSPS) is 11.0. The minimum absolute atomic E-state index is 0.184.